The van der Waals surface area contributed by atoms with Crippen molar-refractivity contribution in [3.05, 3.63) is 29.3 Å². The second-order valence-electron chi connectivity index (χ2n) is 10.1. The minimum Gasteiger partial charge on any atom is -0.484 e. The lowest BCUT2D eigenvalue weighted by molar-refractivity contribution is -0.147. The van der Waals surface area contributed by atoms with Crippen LogP contribution in [0.1, 0.15) is 51.4 Å². The van der Waals surface area contributed by atoms with Crippen LogP contribution in [0.2, 0.25) is 5.02 Å². The summed E-state index contributed by atoms with van der Waals surface area (Å²) in [6.45, 7) is 1.38. The van der Waals surface area contributed by atoms with Crippen LogP contribution in [0.3, 0.4) is 0 Å². The van der Waals surface area contributed by atoms with Crippen LogP contribution in [0.25, 0.3) is 0 Å². The van der Waals surface area contributed by atoms with Gasteiger partial charge in [0.1, 0.15) is 5.75 Å². The number of hydrogen-bond acceptors (Lipinski definition) is 3. The van der Waals surface area contributed by atoms with Crippen LogP contribution >= 0.6 is 11.6 Å². The Morgan fingerprint density at radius 1 is 1.00 bits per heavy atom. The number of nitrogens with zero attached hydrogens (tertiary/aromatic N) is 1. The standard InChI is InChI=1S/C24H31ClN2O3/c25-19-1-3-21(4-2-19)30-15-22(28)27-7-5-20(6-8-27)26-23(29)24-12-16-9-17(13-24)11-18(10-16)14-24/h1-4,16-18,20H,5-15H2,(H,26,29). The first-order chi connectivity index (χ1) is 14.5. The normalized spacial score (nSPS) is 32.8. The molecule has 1 N–H and O–H groups in total. The fourth-order valence-electron chi connectivity index (χ4n) is 6.77. The molecule has 5 fully saturated rings. The Kier molecular flexibility index (Phi) is 5.42. The van der Waals surface area contributed by atoms with Crippen molar-refractivity contribution in [1.29, 1.82) is 0 Å². The number of rotatable bonds is 5. The van der Waals surface area contributed by atoms with Gasteiger partial charge < -0.3 is 15.0 Å². The van der Waals surface area contributed by atoms with Gasteiger partial charge in [0.15, 0.2) is 6.61 Å². The summed E-state index contributed by atoms with van der Waals surface area (Å²) in [5.74, 6) is 3.28. The first-order valence-corrected chi connectivity index (χ1v) is 11.8. The van der Waals surface area contributed by atoms with Gasteiger partial charge in [-0.15, -0.1) is 0 Å². The first kappa shape index (κ1) is 20.2. The third-order valence-corrected chi connectivity index (χ3v) is 8.13. The van der Waals surface area contributed by atoms with Crippen molar-refractivity contribution in [2.45, 2.75) is 57.4 Å². The number of amides is 2. The summed E-state index contributed by atoms with van der Waals surface area (Å²) in [4.78, 5) is 27.6. The molecule has 5 aliphatic rings. The molecule has 1 aliphatic heterocycles. The lowest BCUT2D eigenvalue weighted by Gasteiger charge is -2.56. The highest BCUT2D eigenvalue weighted by molar-refractivity contribution is 6.30. The van der Waals surface area contributed by atoms with Crippen molar-refractivity contribution < 1.29 is 14.3 Å². The number of piperidine rings is 1. The number of hydrogen-bond donors (Lipinski definition) is 1. The van der Waals surface area contributed by atoms with Crippen molar-refractivity contribution >= 4 is 23.4 Å². The van der Waals surface area contributed by atoms with Crippen molar-refractivity contribution in [3.63, 3.8) is 0 Å². The number of nitrogens with one attached hydrogen (secondary N) is 1. The van der Waals surface area contributed by atoms with Gasteiger partial charge in [-0.3, -0.25) is 9.59 Å². The van der Waals surface area contributed by atoms with Gasteiger partial charge in [-0.05, 0) is 93.4 Å². The SMILES string of the molecule is O=C(COc1ccc(Cl)cc1)N1CCC(NC(=O)C23CC4CC(CC(C4)C2)C3)CC1. The number of halogens is 1. The monoisotopic (exact) mass is 430 g/mol. The van der Waals surface area contributed by atoms with Gasteiger partial charge in [0.2, 0.25) is 5.91 Å². The topological polar surface area (TPSA) is 58.6 Å². The molecule has 1 aromatic carbocycles. The van der Waals surface area contributed by atoms with Gasteiger partial charge in [0.05, 0.1) is 0 Å². The molecule has 1 aromatic rings. The Labute approximate surface area is 183 Å². The maximum atomic E-state index is 13.2. The van der Waals surface area contributed by atoms with Gasteiger partial charge in [0.25, 0.3) is 5.91 Å². The van der Waals surface area contributed by atoms with E-state index >= 15 is 0 Å². The van der Waals surface area contributed by atoms with E-state index in [1.165, 1.54) is 19.3 Å². The Morgan fingerprint density at radius 3 is 2.13 bits per heavy atom. The average molecular weight is 431 g/mol. The Morgan fingerprint density at radius 2 is 1.57 bits per heavy atom. The largest absolute Gasteiger partial charge is 0.484 e. The number of ether oxygens (including phenoxy) is 1. The molecule has 4 saturated carbocycles. The molecule has 162 valence electrons. The van der Waals surface area contributed by atoms with Crippen molar-refractivity contribution in [2.75, 3.05) is 19.7 Å². The summed E-state index contributed by atoms with van der Waals surface area (Å²) in [5.41, 5.74) is -0.0892. The second kappa shape index (κ2) is 8.07. The van der Waals surface area contributed by atoms with E-state index in [9.17, 15) is 9.59 Å². The highest BCUT2D eigenvalue weighted by Gasteiger charge is 2.54. The van der Waals surface area contributed by atoms with E-state index < -0.39 is 0 Å². The lowest BCUT2D eigenvalue weighted by atomic mass is 9.49. The molecule has 4 aliphatic carbocycles. The molecular formula is C24H31ClN2O3. The third-order valence-electron chi connectivity index (χ3n) is 7.88. The molecular weight excluding hydrogens is 400 g/mol. The molecule has 0 atom stereocenters. The van der Waals surface area contributed by atoms with Crippen LogP contribution in [-0.2, 0) is 9.59 Å². The molecule has 1 saturated heterocycles. The molecule has 0 radical (unpaired) electrons. The number of carbonyl (C=O) groups excluding carboxylic acids is 2. The third kappa shape index (κ3) is 4.05. The van der Waals surface area contributed by atoms with E-state index in [0.717, 1.165) is 49.9 Å². The summed E-state index contributed by atoms with van der Waals surface area (Å²) in [5, 5.41) is 4.02. The smallest absolute Gasteiger partial charge is 0.260 e. The molecule has 6 rings (SSSR count). The average Bonchev–Trinajstić information content (AvgIpc) is 2.73. The van der Waals surface area contributed by atoms with Crippen LogP contribution in [0.15, 0.2) is 24.3 Å². The molecule has 1 heterocycles. The highest BCUT2D eigenvalue weighted by Crippen LogP contribution is 2.60. The Hall–Kier alpha value is -1.75. The van der Waals surface area contributed by atoms with E-state index in [4.69, 9.17) is 16.3 Å². The molecule has 30 heavy (non-hydrogen) atoms. The van der Waals surface area contributed by atoms with E-state index in [0.29, 0.717) is 29.8 Å². The minimum absolute atomic E-state index is 0.00388. The van der Waals surface area contributed by atoms with Gasteiger partial charge in [0, 0.05) is 29.6 Å². The quantitative estimate of drug-likeness (QED) is 0.766. The number of likely N-dealkylation sites (tertiary alicyclic amines) is 1. The lowest BCUT2D eigenvalue weighted by Crippen LogP contribution is -2.56. The Balaban J connectivity index is 1.09. The van der Waals surface area contributed by atoms with Crippen LogP contribution < -0.4 is 10.1 Å². The van der Waals surface area contributed by atoms with E-state index in [2.05, 4.69) is 5.32 Å². The maximum absolute atomic E-state index is 13.2. The van der Waals surface area contributed by atoms with Crippen molar-refractivity contribution in [2.24, 2.45) is 23.2 Å². The van der Waals surface area contributed by atoms with Crippen LogP contribution in [0.4, 0.5) is 0 Å². The molecule has 4 bridgehead atoms. The zero-order valence-corrected chi connectivity index (χ0v) is 18.2. The number of carbonyl (C=O) groups is 2. The predicted molar refractivity (Wildman–Crippen MR) is 115 cm³/mol. The van der Waals surface area contributed by atoms with E-state index in [1.807, 2.05) is 4.90 Å². The van der Waals surface area contributed by atoms with Gasteiger partial charge in [-0.1, -0.05) is 11.6 Å². The van der Waals surface area contributed by atoms with Crippen LogP contribution in [0, 0.1) is 23.2 Å². The predicted octanol–water partition coefficient (Wildman–Crippen LogP) is 4.04. The van der Waals surface area contributed by atoms with Crippen molar-refractivity contribution in [3.8, 4) is 5.75 Å². The van der Waals surface area contributed by atoms with Crippen LogP contribution in [-0.4, -0.2) is 42.5 Å². The van der Waals surface area contributed by atoms with Gasteiger partial charge in [-0.25, -0.2) is 0 Å². The first-order valence-electron chi connectivity index (χ1n) is 11.5. The minimum atomic E-state index is -0.0892. The molecule has 2 amide bonds. The summed E-state index contributed by atoms with van der Waals surface area (Å²) in [7, 11) is 0. The zero-order valence-electron chi connectivity index (χ0n) is 17.4. The molecule has 0 spiro atoms. The van der Waals surface area contributed by atoms with E-state index in [-0.39, 0.29) is 24.0 Å². The highest BCUT2D eigenvalue weighted by atomic mass is 35.5. The molecule has 5 nitrogen and oxygen atoms in total. The van der Waals surface area contributed by atoms with Crippen LogP contribution in [0.5, 0.6) is 5.75 Å². The van der Waals surface area contributed by atoms with Gasteiger partial charge >= 0.3 is 0 Å². The summed E-state index contributed by atoms with van der Waals surface area (Å²) in [6.07, 6.45) is 9.01. The zero-order chi connectivity index (χ0) is 20.7. The second-order valence-corrected chi connectivity index (χ2v) is 10.5. The summed E-state index contributed by atoms with van der Waals surface area (Å²) >= 11 is 5.87. The number of benzene rings is 1. The van der Waals surface area contributed by atoms with Gasteiger partial charge in [-0.2, -0.15) is 0 Å². The van der Waals surface area contributed by atoms with Crippen molar-refractivity contribution in [1.82, 2.24) is 10.2 Å². The summed E-state index contributed by atoms with van der Waals surface area (Å²) in [6, 6.07) is 7.22. The maximum Gasteiger partial charge on any atom is 0.260 e. The molecule has 6 heteroatoms. The summed E-state index contributed by atoms with van der Waals surface area (Å²) < 4.78 is 5.59. The van der Waals surface area contributed by atoms with E-state index in [1.54, 1.807) is 24.3 Å². The fraction of sp³-hybridized carbons (Fsp3) is 0.667. The molecule has 0 aromatic heterocycles. The fourth-order valence-corrected chi connectivity index (χ4v) is 6.89. The molecule has 0 unspecified atom stereocenters. The Bertz CT molecular complexity index is 766.